The third-order valence-corrected chi connectivity index (χ3v) is 10.4. The lowest BCUT2D eigenvalue weighted by Crippen LogP contribution is -2.10. The lowest BCUT2D eigenvalue weighted by atomic mass is 9.85. The third-order valence-electron chi connectivity index (χ3n) is 10.4. The van der Waals surface area contributed by atoms with E-state index in [1.807, 2.05) is 0 Å². The van der Waals surface area contributed by atoms with Gasteiger partial charge in [0.15, 0.2) is 0 Å². The average Bonchev–Trinajstić information content (AvgIpc) is 3.57. The number of nitrogens with zero attached hydrogens (tertiary/aromatic N) is 1. The Morgan fingerprint density at radius 1 is 0.404 bits per heavy atom. The molecule has 2 heterocycles. The molecule has 0 radical (unpaired) electrons. The number of benzene rings is 7. The fourth-order valence-corrected chi connectivity index (χ4v) is 8.00. The van der Waals surface area contributed by atoms with Crippen molar-refractivity contribution in [3.8, 4) is 22.3 Å². The largest absolute Gasteiger partial charge is 0.308 e. The smallest absolute Gasteiger partial charge is 0.0620 e. The standard InChI is InChI=1S/C46H39N/c1-45(2,3)32-22-18-28(19-23-32)40-34-14-9-7-12-30(34)26-38-42(40)36-16-11-17-37-43-39(47(38)44(36)37)27-31-13-8-10-15-35(31)41(43)29-20-24-33(25-21-29)46(4,5)6/h7-27H,1-6H3. The van der Waals surface area contributed by atoms with E-state index in [4.69, 9.17) is 0 Å². The van der Waals surface area contributed by atoms with Crippen molar-refractivity contribution in [1.29, 1.82) is 0 Å². The van der Waals surface area contributed by atoms with Crippen LogP contribution in [0.25, 0.3) is 81.9 Å². The van der Waals surface area contributed by atoms with Crippen molar-refractivity contribution in [2.45, 2.75) is 52.4 Å². The average molecular weight is 606 g/mol. The monoisotopic (exact) mass is 605 g/mol. The molecule has 9 rings (SSSR count). The van der Waals surface area contributed by atoms with E-state index in [9.17, 15) is 0 Å². The van der Waals surface area contributed by atoms with Crippen LogP contribution in [0, 0.1) is 0 Å². The van der Waals surface area contributed by atoms with Crippen LogP contribution in [0.4, 0.5) is 0 Å². The highest BCUT2D eigenvalue weighted by Gasteiger charge is 2.25. The number of para-hydroxylation sites is 1. The Balaban J connectivity index is 1.45. The first kappa shape index (κ1) is 28.1. The van der Waals surface area contributed by atoms with E-state index in [2.05, 4.69) is 173 Å². The molecule has 0 fully saturated rings. The van der Waals surface area contributed by atoms with Gasteiger partial charge in [0.1, 0.15) is 0 Å². The van der Waals surface area contributed by atoms with E-state index in [-0.39, 0.29) is 10.8 Å². The van der Waals surface area contributed by atoms with Gasteiger partial charge in [0, 0.05) is 21.5 Å². The van der Waals surface area contributed by atoms with Crippen molar-refractivity contribution in [3.63, 3.8) is 0 Å². The molecule has 1 heteroatoms. The molecule has 9 aromatic rings. The summed E-state index contributed by atoms with van der Waals surface area (Å²) in [6, 6.07) is 48.2. The molecule has 0 aliphatic heterocycles. The van der Waals surface area contributed by atoms with Gasteiger partial charge in [-0.05, 0) is 77.9 Å². The molecule has 0 atom stereocenters. The number of hydrogen-bond acceptors (Lipinski definition) is 0. The normalized spacial score (nSPS) is 12.9. The van der Waals surface area contributed by atoms with Crippen molar-refractivity contribution in [1.82, 2.24) is 4.40 Å². The minimum Gasteiger partial charge on any atom is -0.308 e. The molecule has 0 amide bonds. The molecule has 0 spiro atoms. The highest BCUT2D eigenvalue weighted by Crippen LogP contribution is 2.49. The zero-order valence-corrected chi connectivity index (χ0v) is 28.1. The first-order valence-corrected chi connectivity index (χ1v) is 16.9. The number of fused-ring (bicyclic) bond motifs is 8. The Hall–Kier alpha value is -5.14. The maximum atomic E-state index is 2.56. The molecule has 0 N–H and O–H groups in total. The molecule has 228 valence electrons. The predicted octanol–water partition coefficient (Wildman–Crippen LogP) is 13.1. The minimum absolute atomic E-state index is 0.107. The maximum absolute atomic E-state index is 2.56. The van der Waals surface area contributed by atoms with Crippen molar-refractivity contribution >= 4 is 59.6 Å². The van der Waals surface area contributed by atoms with Crippen molar-refractivity contribution in [2.75, 3.05) is 0 Å². The molecular formula is C46H39N. The van der Waals surface area contributed by atoms with Crippen LogP contribution in [-0.2, 0) is 10.8 Å². The molecule has 7 aromatic carbocycles. The Morgan fingerprint density at radius 3 is 1.19 bits per heavy atom. The Bertz CT molecular complexity index is 2470. The van der Waals surface area contributed by atoms with Gasteiger partial charge in [-0.15, -0.1) is 0 Å². The van der Waals surface area contributed by atoms with Crippen LogP contribution in [0.3, 0.4) is 0 Å². The minimum atomic E-state index is 0.107. The summed E-state index contributed by atoms with van der Waals surface area (Å²) in [5, 5.41) is 10.4. The zero-order chi connectivity index (χ0) is 32.2. The summed E-state index contributed by atoms with van der Waals surface area (Å²) in [6.07, 6.45) is 0. The van der Waals surface area contributed by atoms with Gasteiger partial charge in [-0.25, -0.2) is 0 Å². The second kappa shape index (κ2) is 9.69. The van der Waals surface area contributed by atoms with Crippen LogP contribution in [0.1, 0.15) is 52.7 Å². The van der Waals surface area contributed by atoms with Crippen LogP contribution in [-0.4, -0.2) is 4.40 Å². The predicted molar refractivity (Wildman–Crippen MR) is 204 cm³/mol. The Labute approximate surface area is 276 Å². The molecule has 0 bridgehead atoms. The van der Waals surface area contributed by atoms with E-state index in [1.165, 1.54) is 93.0 Å². The fraction of sp³-hybridized carbons (Fsp3) is 0.174. The molecule has 47 heavy (non-hydrogen) atoms. The summed E-state index contributed by atoms with van der Waals surface area (Å²) in [5.41, 5.74) is 11.9. The van der Waals surface area contributed by atoms with Gasteiger partial charge in [-0.3, -0.25) is 0 Å². The topological polar surface area (TPSA) is 4.41 Å². The SMILES string of the molecule is CC(C)(C)c1ccc(-c2c3ccccc3cc3c2c2cccc4c5c(-c6ccc(C(C)(C)C)cc6)c6ccccc6cc5n3c24)cc1. The summed E-state index contributed by atoms with van der Waals surface area (Å²) < 4.78 is 2.56. The second-order valence-electron chi connectivity index (χ2n) is 15.4. The van der Waals surface area contributed by atoms with Gasteiger partial charge >= 0.3 is 0 Å². The summed E-state index contributed by atoms with van der Waals surface area (Å²) in [5.74, 6) is 0. The second-order valence-corrected chi connectivity index (χ2v) is 15.4. The van der Waals surface area contributed by atoms with Gasteiger partial charge in [0.25, 0.3) is 0 Å². The highest BCUT2D eigenvalue weighted by atomic mass is 14.9. The molecule has 0 saturated carbocycles. The summed E-state index contributed by atoms with van der Waals surface area (Å²) in [4.78, 5) is 0. The zero-order valence-electron chi connectivity index (χ0n) is 28.1. The quantitative estimate of drug-likeness (QED) is 0.185. The summed E-state index contributed by atoms with van der Waals surface area (Å²) >= 11 is 0. The van der Waals surface area contributed by atoms with Crippen molar-refractivity contribution in [2.24, 2.45) is 0 Å². The number of hydrogen-bond donors (Lipinski definition) is 0. The molecule has 1 nitrogen and oxygen atoms in total. The first-order chi connectivity index (χ1) is 22.6. The van der Waals surface area contributed by atoms with E-state index < -0.39 is 0 Å². The molecule has 0 aliphatic carbocycles. The third kappa shape index (κ3) is 4.09. The van der Waals surface area contributed by atoms with Crippen molar-refractivity contribution in [3.05, 3.63) is 139 Å². The fourth-order valence-electron chi connectivity index (χ4n) is 8.00. The molecular weight excluding hydrogens is 567 g/mol. The number of rotatable bonds is 2. The van der Waals surface area contributed by atoms with Gasteiger partial charge in [-0.2, -0.15) is 0 Å². The summed E-state index contributed by atoms with van der Waals surface area (Å²) in [7, 11) is 0. The van der Waals surface area contributed by atoms with Crippen LogP contribution < -0.4 is 0 Å². The lowest BCUT2D eigenvalue weighted by molar-refractivity contribution is 0.590. The van der Waals surface area contributed by atoms with Crippen molar-refractivity contribution < 1.29 is 0 Å². The van der Waals surface area contributed by atoms with Gasteiger partial charge in [0.2, 0.25) is 0 Å². The molecule has 0 aliphatic rings. The van der Waals surface area contributed by atoms with E-state index >= 15 is 0 Å². The molecule has 0 saturated heterocycles. The number of aromatic nitrogens is 1. The molecule has 0 unspecified atom stereocenters. The van der Waals surface area contributed by atoms with Crippen LogP contribution in [0.2, 0.25) is 0 Å². The van der Waals surface area contributed by atoms with E-state index in [0.717, 1.165) is 0 Å². The van der Waals surface area contributed by atoms with Gasteiger partial charge < -0.3 is 4.40 Å². The first-order valence-electron chi connectivity index (χ1n) is 16.9. The van der Waals surface area contributed by atoms with E-state index in [1.54, 1.807) is 0 Å². The Kier molecular flexibility index (Phi) is 5.79. The van der Waals surface area contributed by atoms with Crippen LogP contribution in [0.5, 0.6) is 0 Å². The van der Waals surface area contributed by atoms with Crippen LogP contribution in [0.15, 0.2) is 127 Å². The van der Waals surface area contributed by atoms with Gasteiger partial charge in [0.05, 0.1) is 16.6 Å². The summed E-state index contributed by atoms with van der Waals surface area (Å²) in [6.45, 7) is 13.7. The highest BCUT2D eigenvalue weighted by molar-refractivity contribution is 6.32. The molecule has 2 aromatic heterocycles. The van der Waals surface area contributed by atoms with Gasteiger partial charge in [-0.1, -0.05) is 157 Å². The van der Waals surface area contributed by atoms with E-state index in [0.29, 0.717) is 0 Å². The lowest BCUT2D eigenvalue weighted by Gasteiger charge is -2.20. The Morgan fingerprint density at radius 2 is 0.787 bits per heavy atom. The maximum Gasteiger partial charge on any atom is 0.0620 e. The van der Waals surface area contributed by atoms with Crippen LogP contribution >= 0.6 is 0 Å².